The molecule has 0 bridgehead atoms. The van der Waals surface area contributed by atoms with Crippen molar-refractivity contribution in [1.29, 1.82) is 0 Å². The summed E-state index contributed by atoms with van der Waals surface area (Å²) in [5, 5.41) is 3.74. The summed E-state index contributed by atoms with van der Waals surface area (Å²) in [4.78, 5) is 17.2. The Morgan fingerprint density at radius 1 is 1.28 bits per heavy atom. The summed E-state index contributed by atoms with van der Waals surface area (Å²) in [6, 6.07) is 6.37. The lowest BCUT2D eigenvalue weighted by molar-refractivity contribution is -0.116. The molecule has 0 saturated heterocycles. The van der Waals surface area contributed by atoms with Crippen molar-refractivity contribution >= 4 is 33.3 Å². The third-order valence-corrected chi connectivity index (χ3v) is 5.66. The van der Waals surface area contributed by atoms with Crippen LogP contribution in [0.15, 0.2) is 41.4 Å². The van der Waals surface area contributed by atoms with Crippen molar-refractivity contribution in [2.75, 3.05) is 6.54 Å². The van der Waals surface area contributed by atoms with E-state index in [9.17, 15) is 13.2 Å². The van der Waals surface area contributed by atoms with Crippen LogP contribution in [0, 0.1) is 6.92 Å². The highest BCUT2D eigenvalue weighted by atomic mass is 32.2. The normalized spacial score (nSPS) is 11.8. The van der Waals surface area contributed by atoms with E-state index in [-0.39, 0.29) is 10.8 Å². The monoisotopic (exact) mass is 379 g/mol. The first kappa shape index (κ1) is 19.3. The van der Waals surface area contributed by atoms with Crippen molar-refractivity contribution in [3.05, 3.63) is 52.0 Å². The molecular formula is C17H21N3O3S2. The molecule has 0 aliphatic rings. The van der Waals surface area contributed by atoms with Crippen molar-refractivity contribution in [3.63, 3.8) is 0 Å². The van der Waals surface area contributed by atoms with Gasteiger partial charge in [0, 0.05) is 23.7 Å². The molecule has 0 aliphatic carbocycles. The first-order valence-corrected chi connectivity index (χ1v) is 10.2. The van der Waals surface area contributed by atoms with Gasteiger partial charge < -0.3 is 5.32 Å². The number of amides is 1. The average molecular weight is 380 g/mol. The van der Waals surface area contributed by atoms with Crippen LogP contribution in [-0.4, -0.2) is 25.9 Å². The number of nitrogens with zero attached hydrogens (tertiary/aromatic N) is 1. The summed E-state index contributed by atoms with van der Waals surface area (Å²) < 4.78 is 26.5. The van der Waals surface area contributed by atoms with Gasteiger partial charge in [0.05, 0.1) is 16.4 Å². The molecule has 8 heteroatoms. The number of aromatic nitrogens is 1. The number of hydrogen-bond donors (Lipinski definition) is 2. The molecule has 1 aromatic carbocycles. The zero-order valence-electron chi connectivity index (χ0n) is 14.2. The van der Waals surface area contributed by atoms with E-state index in [1.807, 2.05) is 13.8 Å². The summed E-state index contributed by atoms with van der Waals surface area (Å²) >= 11 is 1.54. The Hall–Kier alpha value is -2.03. The van der Waals surface area contributed by atoms with Crippen LogP contribution in [0.25, 0.3) is 6.08 Å². The first-order chi connectivity index (χ1) is 11.9. The third kappa shape index (κ3) is 6.08. The fraction of sp³-hybridized carbons (Fsp3) is 0.294. The Labute approximate surface area is 152 Å². The van der Waals surface area contributed by atoms with Crippen molar-refractivity contribution in [3.8, 4) is 0 Å². The molecule has 25 heavy (non-hydrogen) atoms. The van der Waals surface area contributed by atoms with Gasteiger partial charge in [0.1, 0.15) is 0 Å². The number of hydrogen-bond acceptors (Lipinski definition) is 5. The molecule has 0 unspecified atom stereocenters. The molecule has 0 fully saturated rings. The summed E-state index contributed by atoms with van der Waals surface area (Å²) in [6.07, 6.45) is 5.54. The van der Waals surface area contributed by atoms with Crippen molar-refractivity contribution in [2.45, 2.75) is 31.7 Å². The second-order valence-electron chi connectivity index (χ2n) is 5.36. The molecule has 0 radical (unpaired) electrons. The lowest BCUT2D eigenvalue weighted by atomic mass is 10.2. The van der Waals surface area contributed by atoms with Gasteiger partial charge in [-0.25, -0.2) is 18.1 Å². The molecule has 0 atom stereocenters. The molecule has 1 amide bonds. The van der Waals surface area contributed by atoms with E-state index in [1.54, 1.807) is 35.7 Å². The van der Waals surface area contributed by atoms with E-state index in [2.05, 4.69) is 15.0 Å². The topological polar surface area (TPSA) is 88.2 Å². The zero-order chi connectivity index (χ0) is 18.3. The second kappa shape index (κ2) is 8.89. The predicted molar refractivity (Wildman–Crippen MR) is 99.7 cm³/mol. The van der Waals surface area contributed by atoms with Crippen LogP contribution in [0.5, 0.6) is 0 Å². The van der Waals surface area contributed by atoms with Gasteiger partial charge in [0.2, 0.25) is 15.9 Å². The third-order valence-electron chi connectivity index (χ3n) is 3.27. The Morgan fingerprint density at radius 2 is 2.00 bits per heavy atom. The lowest BCUT2D eigenvalue weighted by Crippen LogP contribution is -2.24. The number of sulfonamides is 1. The largest absolute Gasteiger partial charge is 0.348 e. The minimum Gasteiger partial charge on any atom is -0.348 e. The maximum atomic E-state index is 12.0. The standard InChI is InChI=1S/C17H21N3O3S2/c1-3-10-20-25(22,23)16-7-4-14(5-8-16)6-9-17(21)19-12-15-11-18-13(2)24-15/h4-9,11,20H,3,10,12H2,1-2H3,(H,19,21). The summed E-state index contributed by atoms with van der Waals surface area (Å²) in [5.41, 5.74) is 0.748. The lowest BCUT2D eigenvalue weighted by Gasteiger charge is -2.05. The Bertz CT molecular complexity index is 840. The minimum atomic E-state index is -3.47. The van der Waals surface area contributed by atoms with E-state index in [1.165, 1.54) is 18.2 Å². The van der Waals surface area contributed by atoms with Gasteiger partial charge in [-0.2, -0.15) is 0 Å². The van der Waals surface area contributed by atoms with E-state index < -0.39 is 10.0 Å². The molecule has 1 heterocycles. The number of carbonyl (C=O) groups is 1. The van der Waals surface area contributed by atoms with Gasteiger partial charge in [-0.3, -0.25) is 4.79 Å². The van der Waals surface area contributed by atoms with Crippen LogP contribution in [0.4, 0.5) is 0 Å². The Morgan fingerprint density at radius 3 is 2.60 bits per heavy atom. The number of thiazole rings is 1. The van der Waals surface area contributed by atoms with Crippen molar-refractivity contribution in [2.24, 2.45) is 0 Å². The molecule has 134 valence electrons. The van der Waals surface area contributed by atoms with Crippen molar-refractivity contribution in [1.82, 2.24) is 15.0 Å². The predicted octanol–water partition coefficient (Wildman–Crippen LogP) is 2.47. The number of nitrogens with one attached hydrogen (secondary N) is 2. The Balaban J connectivity index is 1.91. The van der Waals surface area contributed by atoms with Crippen LogP contribution in [0.3, 0.4) is 0 Å². The van der Waals surface area contributed by atoms with Crippen LogP contribution < -0.4 is 10.0 Å². The quantitative estimate of drug-likeness (QED) is 0.690. The summed E-state index contributed by atoms with van der Waals surface area (Å²) in [7, 11) is -3.47. The van der Waals surface area contributed by atoms with Gasteiger partial charge in [-0.15, -0.1) is 11.3 Å². The zero-order valence-corrected chi connectivity index (χ0v) is 15.8. The van der Waals surface area contributed by atoms with Gasteiger partial charge in [0.25, 0.3) is 0 Å². The molecule has 1 aromatic heterocycles. The first-order valence-electron chi connectivity index (χ1n) is 7.87. The molecule has 0 saturated carbocycles. The second-order valence-corrected chi connectivity index (χ2v) is 8.45. The molecular weight excluding hydrogens is 358 g/mol. The number of benzene rings is 1. The molecule has 2 aromatic rings. The highest BCUT2D eigenvalue weighted by molar-refractivity contribution is 7.89. The average Bonchev–Trinajstić information content (AvgIpc) is 3.02. The highest BCUT2D eigenvalue weighted by Gasteiger charge is 2.12. The number of carbonyl (C=O) groups excluding carboxylic acids is 1. The molecule has 0 aliphatic heterocycles. The molecule has 2 rings (SSSR count). The molecule has 6 nitrogen and oxygen atoms in total. The van der Waals surface area contributed by atoms with Crippen LogP contribution in [0.2, 0.25) is 0 Å². The van der Waals surface area contributed by atoms with Gasteiger partial charge >= 0.3 is 0 Å². The summed E-state index contributed by atoms with van der Waals surface area (Å²) in [6.45, 7) is 4.66. The van der Waals surface area contributed by atoms with Gasteiger partial charge in [-0.1, -0.05) is 19.1 Å². The fourth-order valence-electron chi connectivity index (χ4n) is 1.97. The van der Waals surface area contributed by atoms with E-state index in [4.69, 9.17) is 0 Å². The number of rotatable bonds is 8. The van der Waals surface area contributed by atoms with Crippen LogP contribution in [0.1, 0.15) is 28.8 Å². The molecule has 2 N–H and O–H groups in total. The fourth-order valence-corrected chi connectivity index (χ4v) is 3.84. The van der Waals surface area contributed by atoms with E-state index >= 15 is 0 Å². The maximum Gasteiger partial charge on any atom is 0.244 e. The SMILES string of the molecule is CCCNS(=O)(=O)c1ccc(C=CC(=O)NCc2cnc(C)s2)cc1. The van der Waals surface area contributed by atoms with Crippen LogP contribution in [-0.2, 0) is 21.4 Å². The highest BCUT2D eigenvalue weighted by Crippen LogP contribution is 2.12. The van der Waals surface area contributed by atoms with Crippen molar-refractivity contribution < 1.29 is 13.2 Å². The van der Waals surface area contributed by atoms with Gasteiger partial charge in [-0.05, 0) is 37.1 Å². The number of aryl methyl sites for hydroxylation is 1. The van der Waals surface area contributed by atoms with E-state index in [0.29, 0.717) is 13.1 Å². The van der Waals surface area contributed by atoms with Gasteiger partial charge in [0.15, 0.2) is 0 Å². The van der Waals surface area contributed by atoms with Crippen LogP contribution >= 0.6 is 11.3 Å². The molecule has 0 spiro atoms. The minimum absolute atomic E-state index is 0.211. The maximum absolute atomic E-state index is 12.0. The smallest absolute Gasteiger partial charge is 0.244 e. The summed E-state index contributed by atoms with van der Waals surface area (Å²) in [5.74, 6) is -0.215. The Kier molecular flexibility index (Phi) is 6.86. The van der Waals surface area contributed by atoms with E-state index in [0.717, 1.165) is 21.9 Å².